The van der Waals surface area contributed by atoms with Crippen LogP contribution in [-0.4, -0.2) is 55.0 Å². The summed E-state index contributed by atoms with van der Waals surface area (Å²) >= 11 is 0. The third kappa shape index (κ3) is 3.75. The molecule has 6 heteroatoms. The molecule has 0 aliphatic carbocycles. The van der Waals surface area contributed by atoms with E-state index in [1.807, 2.05) is 17.0 Å². The highest BCUT2D eigenvalue weighted by molar-refractivity contribution is 5.81. The molecule has 1 aromatic carbocycles. The molecule has 1 amide bonds. The summed E-state index contributed by atoms with van der Waals surface area (Å²) in [6.45, 7) is 3.87. The van der Waals surface area contributed by atoms with Crippen LogP contribution in [-0.2, 0) is 20.9 Å². The minimum Gasteiger partial charge on any atom is -0.469 e. The number of nitrogens with zero attached hydrogens (tertiary/aromatic N) is 2. The molecule has 2 aliphatic rings. The molecule has 2 fully saturated rings. The number of fused-ring (bicyclic) bond motifs is 1. The number of carbonyl (C=O) groups is 2. The lowest BCUT2D eigenvalue weighted by Gasteiger charge is -2.21. The van der Waals surface area contributed by atoms with E-state index in [9.17, 15) is 14.0 Å². The fourth-order valence-electron chi connectivity index (χ4n) is 3.76. The predicted octanol–water partition coefficient (Wildman–Crippen LogP) is 1.67. The van der Waals surface area contributed by atoms with Crippen LogP contribution in [0.5, 0.6) is 0 Å². The number of halogens is 1. The first-order valence-electron chi connectivity index (χ1n) is 8.37. The minimum absolute atomic E-state index is 0.0236. The lowest BCUT2D eigenvalue weighted by Crippen LogP contribution is -2.33. The molecule has 0 saturated carbocycles. The van der Waals surface area contributed by atoms with Crippen LogP contribution in [0.3, 0.4) is 0 Å². The van der Waals surface area contributed by atoms with Gasteiger partial charge in [-0.2, -0.15) is 0 Å². The van der Waals surface area contributed by atoms with Crippen LogP contribution in [0.1, 0.15) is 18.4 Å². The van der Waals surface area contributed by atoms with Crippen molar-refractivity contribution in [1.29, 1.82) is 0 Å². The van der Waals surface area contributed by atoms with Crippen molar-refractivity contribution in [2.75, 3.05) is 33.3 Å². The minimum atomic E-state index is -0.348. The van der Waals surface area contributed by atoms with Crippen molar-refractivity contribution in [1.82, 2.24) is 9.80 Å². The predicted molar refractivity (Wildman–Crippen MR) is 86.5 cm³/mol. The summed E-state index contributed by atoms with van der Waals surface area (Å²) < 4.78 is 18.3. The number of benzene rings is 1. The van der Waals surface area contributed by atoms with Gasteiger partial charge in [0.1, 0.15) is 5.82 Å². The number of methoxy groups -OCH3 is 1. The molecular formula is C18H23FN2O3. The highest BCUT2D eigenvalue weighted by Crippen LogP contribution is 2.32. The number of hydrogen-bond acceptors (Lipinski definition) is 4. The zero-order valence-corrected chi connectivity index (χ0v) is 13.9. The van der Waals surface area contributed by atoms with Crippen molar-refractivity contribution in [2.45, 2.75) is 19.4 Å². The maximum absolute atomic E-state index is 13.8. The van der Waals surface area contributed by atoms with Crippen molar-refractivity contribution in [3.05, 3.63) is 35.6 Å². The lowest BCUT2D eigenvalue weighted by molar-refractivity contribution is -0.143. The van der Waals surface area contributed by atoms with Crippen LogP contribution in [0.2, 0.25) is 0 Å². The third-order valence-corrected chi connectivity index (χ3v) is 5.04. The fraction of sp³-hybridized carbons (Fsp3) is 0.556. The Morgan fingerprint density at radius 3 is 2.42 bits per heavy atom. The van der Waals surface area contributed by atoms with Gasteiger partial charge >= 0.3 is 5.97 Å². The maximum Gasteiger partial charge on any atom is 0.306 e. The van der Waals surface area contributed by atoms with Gasteiger partial charge in [0.15, 0.2) is 0 Å². The van der Waals surface area contributed by atoms with E-state index in [1.54, 1.807) is 6.07 Å². The molecule has 24 heavy (non-hydrogen) atoms. The summed E-state index contributed by atoms with van der Waals surface area (Å²) in [5.74, 6) is 0.404. The highest BCUT2D eigenvalue weighted by atomic mass is 19.1. The van der Waals surface area contributed by atoms with Crippen LogP contribution in [0.4, 0.5) is 4.39 Å². The van der Waals surface area contributed by atoms with E-state index < -0.39 is 0 Å². The Bertz CT molecular complexity index is 608. The molecule has 130 valence electrons. The zero-order valence-electron chi connectivity index (χ0n) is 13.9. The molecule has 0 radical (unpaired) electrons. The number of carbonyl (C=O) groups excluding carboxylic acids is 2. The monoisotopic (exact) mass is 334 g/mol. The van der Waals surface area contributed by atoms with E-state index in [0.717, 1.165) is 31.7 Å². The molecule has 2 aliphatic heterocycles. The molecule has 2 saturated heterocycles. The number of amides is 1. The topological polar surface area (TPSA) is 49.9 Å². The second-order valence-corrected chi connectivity index (χ2v) is 6.68. The second kappa shape index (κ2) is 7.30. The molecule has 0 N–H and O–H groups in total. The van der Waals surface area contributed by atoms with E-state index in [2.05, 4.69) is 9.64 Å². The highest BCUT2D eigenvalue weighted by Gasteiger charge is 2.41. The van der Waals surface area contributed by atoms with Gasteiger partial charge in [-0.15, -0.1) is 0 Å². The number of ether oxygens (including phenoxy) is 1. The van der Waals surface area contributed by atoms with Gasteiger partial charge in [0, 0.05) is 44.7 Å². The van der Waals surface area contributed by atoms with E-state index in [-0.39, 0.29) is 30.5 Å². The summed E-state index contributed by atoms with van der Waals surface area (Å²) in [7, 11) is 1.33. The molecule has 5 nitrogen and oxygen atoms in total. The van der Waals surface area contributed by atoms with Gasteiger partial charge in [-0.25, -0.2) is 4.39 Å². The molecular weight excluding hydrogens is 311 g/mol. The number of esters is 1. The number of hydrogen-bond donors (Lipinski definition) is 0. The van der Waals surface area contributed by atoms with Crippen LogP contribution in [0.25, 0.3) is 0 Å². The maximum atomic E-state index is 13.8. The molecule has 1 aromatic rings. The van der Waals surface area contributed by atoms with Gasteiger partial charge < -0.3 is 9.64 Å². The largest absolute Gasteiger partial charge is 0.469 e. The summed E-state index contributed by atoms with van der Waals surface area (Å²) in [4.78, 5) is 27.4. The van der Waals surface area contributed by atoms with Crippen molar-refractivity contribution in [3.63, 3.8) is 0 Å². The molecule has 0 aromatic heterocycles. The van der Waals surface area contributed by atoms with E-state index in [4.69, 9.17) is 0 Å². The normalized spacial score (nSPS) is 23.3. The van der Waals surface area contributed by atoms with E-state index in [0.29, 0.717) is 18.4 Å². The van der Waals surface area contributed by atoms with E-state index >= 15 is 0 Å². The first-order valence-corrected chi connectivity index (χ1v) is 8.37. The Balaban J connectivity index is 1.48. The van der Waals surface area contributed by atoms with E-state index in [1.165, 1.54) is 13.2 Å². The molecule has 0 spiro atoms. The van der Waals surface area contributed by atoms with Crippen LogP contribution in [0.15, 0.2) is 24.3 Å². The number of likely N-dealkylation sites (tertiary alicyclic amines) is 2. The Morgan fingerprint density at radius 2 is 1.79 bits per heavy atom. The third-order valence-electron chi connectivity index (χ3n) is 5.04. The summed E-state index contributed by atoms with van der Waals surface area (Å²) in [5.41, 5.74) is 0.725. The summed E-state index contributed by atoms with van der Waals surface area (Å²) in [6, 6.07) is 6.88. The zero-order chi connectivity index (χ0) is 17.1. The second-order valence-electron chi connectivity index (χ2n) is 6.68. The van der Waals surface area contributed by atoms with Crippen LogP contribution < -0.4 is 0 Å². The van der Waals surface area contributed by atoms with Crippen LogP contribution in [0, 0.1) is 17.7 Å². The van der Waals surface area contributed by atoms with Crippen LogP contribution >= 0.6 is 0 Å². The number of rotatable bonds is 5. The molecule has 2 heterocycles. The Kier molecular flexibility index (Phi) is 5.14. The molecule has 2 atom stereocenters. The molecule has 3 rings (SSSR count). The average molecular weight is 334 g/mol. The fourth-order valence-corrected chi connectivity index (χ4v) is 3.76. The van der Waals surface area contributed by atoms with Gasteiger partial charge in [0.2, 0.25) is 5.91 Å². The Labute approximate surface area is 141 Å². The van der Waals surface area contributed by atoms with Gasteiger partial charge in [-0.05, 0) is 17.9 Å². The van der Waals surface area contributed by atoms with Gasteiger partial charge in [0.05, 0.1) is 13.5 Å². The Hall–Kier alpha value is -1.95. The Morgan fingerprint density at radius 1 is 1.12 bits per heavy atom. The van der Waals surface area contributed by atoms with Crippen molar-refractivity contribution >= 4 is 11.9 Å². The lowest BCUT2D eigenvalue weighted by atomic mass is 10.0. The smallest absolute Gasteiger partial charge is 0.306 e. The van der Waals surface area contributed by atoms with Gasteiger partial charge in [-0.3, -0.25) is 14.5 Å². The van der Waals surface area contributed by atoms with Gasteiger partial charge in [0.25, 0.3) is 0 Å². The average Bonchev–Trinajstić information content (AvgIpc) is 3.12. The SMILES string of the molecule is COC(=O)CCC(=O)N1CC2CN(Cc3ccccc3F)CC2C1. The summed E-state index contributed by atoms with van der Waals surface area (Å²) in [5, 5.41) is 0. The first kappa shape index (κ1) is 16.9. The van der Waals surface area contributed by atoms with Crippen molar-refractivity contribution in [2.24, 2.45) is 11.8 Å². The first-order chi connectivity index (χ1) is 11.6. The molecule has 0 bridgehead atoms. The quantitative estimate of drug-likeness (QED) is 0.769. The van der Waals surface area contributed by atoms with Gasteiger partial charge in [-0.1, -0.05) is 18.2 Å². The molecule has 2 unspecified atom stereocenters. The van der Waals surface area contributed by atoms with Crippen molar-refractivity contribution < 1.29 is 18.7 Å². The standard InChI is InChI=1S/C18H23FN2O3/c1-24-18(23)7-6-17(22)21-11-14-9-20(10-15(14)12-21)8-13-4-2-3-5-16(13)19/h2-5,14-15H,6-12H2,1H3. The summed E-state index contributed by atoms with van der Waals surface area (Å²) in [6.07, 6.45) is 0.353. The van der Waals surface area contributed by atoms with Crippen molar-refractivity contribution in [3.8, 4) is 0 Å².